The molecule has 4 nitrogen and oxygen atoms in total. The Kier molecular flexibility index (Phi) is 25.7. The van der Waals surface area contributed by atoms with Gasteiger partial charge >= 0.3 is 0 Å². The molecule has 0 aliphatic heterocycles. The van der Waals surface area contributed by atoms with Crippen LogP contribution in [0.5, 0.6) is 0 Å². The number of allylic oxidation sites excluding steroid dienone is 3. The lowest BCUT2D eigenvalue weighted by Gasteiger charge is -2.27. The van der Waals surface area contributed by atoms with Crippen molar-refractivity contribution in [2.75, 3.05) is 12.3 Å². The smallest absolute Gasteiger partial charge is 0.101 e. The second kappa shape index (κ2) is 26.3. The summed E-state index contributed by atoms with van der Waals surface area (Å²) in [5, 5.41) is 0. The molecule has 0 aliphatic carbocycles. The van der Waals surface area contributed by atoms with Gasteiger partial charge in [0, 0.05) is 12.2 Å². The first-order valence-electron chi connectivity index (χ1n) is 16.2. The van der Waals surface area contributed by atoms with Crippen molar-refractivity contribution in [1.82, 2.24) is 0 Å². The largest absolute Gasteiger partial charge is 0.748 e. The van der Waals surface area contributed by atoms with E-state index in [1.165, 1.54) is 116 Å². The first-order valence-corrected chi connectivity index (χ1v) is 17.8. The Morgan fingerprint density at radius 2 is 0.816 bits per heavy atom. The van der Waals surface area contributed by atoms with E-state index in [0.717, 1.165) is 19.3 Å². The molecule has 38 heavy (non-hydrogen) atoms. The zero-order valence-electron chi connectivity index (χ0n) is 25.5. The fourth-order valence-electron chi connectivity index (χ4n) is 4.83. The number of nitrogens with zero attached hydrogens (tertiary/aromatic N) is 1. The summed E-state index contributed by atoms with van der Waals surface area (Å²) in [6.45, 7) is 7.35. The Labute approximate surface area is 238 Å². The van der Waals surface area contributed by atoms with Crippen molar-refractivity contribution >= 4 is 10.1 Å². The van der Waals surface area contributed by atoms with Crippen LogP contribution in [0.3, 0.4) is 0 Å². The molecule has 0 saturated heterocycles. The van der Waals surface area contributed by atoms with Crippen LogP contribution in [-0.2, 0) is 10.1 Å². The molecule has 5 heteroatoms. The fourth-order valence-corrected chi connectivity index (χ4v) is 5.31. The van der Waals surface area contributed by atoms with Crippen molar-refractivity contribution in [2.24, 2.45) is 0 Å². The quantitative estimate of drug-likeness (QED) is 0.0550. The minimum atomic E-state index is -4.20. The summed E-state index contributed by atoms with van der Waals surface area (Å²) in [6.07, 6.45) is 40.1. The molecule has 0 amide bonds. The third kappa shape index (κ3) is 25.4. The SMILES string of the molecule is CCCCCCCC/C=C/[N+](/C=C/CCCCCCCC)(/C=C/CCCCCCCC)CCCS(=O)(=O)[O-]. The first-order chi connectivity index (χ1) is 18.4. The molecule has 0 aromatic heterocycles. The van der Waals surface area contributed by atoms with Gasteiger partial charge in [-0.3, -0.25) is 0 Å². The highest BCUT2D eigenvalue weighted by Gasteiger charge is 2.19. The van der Waals surface area contributed by atoms with Crippen LogP contribution < -0.4 is 0 Å². The van der Waals surface area contributed by atoms with Crippen LogP contribution in [0.1, 0.15) is 162 Å². The number of hydrogen-bond acceptors (Lipinski definition) is 3. The maximum atomic E-state index is 11.3. The molecule has 0 unspecified atom stereocenters. The highest BCUT2D eigenvalue weighted by molar-refractivity contribution is 7.85. The summed E-state index contributed by atoms with van der Waals surface area (Å²) >= 11 is 0. The number of unbranched alkanes of at least 4 members (excludes halogenated alkanes) is 18. The molecule has 0 spiro atoms. The summed E-state index contributed by atoms with van der Waals surface area (Å²) in [5.41, 5.74) is 0. The summed E-state index contributed by atoms with van der Waals surface area (Å²) in [7, 11) is -4.20. The minimum absolute atomic E-state index is 0.297. The first kappa shape index (κ1) is 37.1. The van der Waals surface area contributed by atoms with Crippen molar-refractivity contribution in [3.8, 4) is 0 Å². The summed E-state index contributed by atoms with van der Waals surface area (Å²) in [6, 6.07) is 0. The molecule has 0 aliphatic rings. The van der Waals surface area contributed by atoms with Gasteiger partial charge in [-0.1, -0.05) is 117 Å². The van der Waals surface area contributed by atoms with E-state index >= 15 is 0 Å². The van der Waals surface area contributed by atoms with Crippen LogP contribution in [0.25, 0.3) is 0 Å². The Morgan fingerprint density at radius 1 is 0.500 bits per heavy atom. The van der Waals surface area contributed by atoms with Crippen molar-refractivity contribution < 1.29 is 17.5 Å². The maximum Gasteiger partial charge on any atom is 0.101 e. The van der Waals surface area contributed by atoms with Crippen molar-refractivity contribution in [2.45, 2.75) is 162 Å². The molecule has 0 rings (SSSR count). The average molecular weight is 554 g/mol. The molecule has 0 aromatic carbocycles. The number of hydrogen-bond donors (Lipinski definition) is 0. The lowest BCUT2D eigenvalue weighted by Crippen LogP contribution is -2.33. The molecule has 0 bridgehead atoms. The van der Waals surface area contributed by atoms with E-state index in [4.69, 9.17) is 0 Å². The normalized spacial score (nSPS) is 13.1. The Hall–Kier alpha value is -0.910. The Morgan fingerprint density at radius 3 is 1.13 bits per heavy atom. The highest BCUT2D eigenvalue weighted by Crippen LogP contribution is 2.18. The molecular weight excluding hydrogens is 490 g/mol. The van der Waals surface area contributed by atoms with Crippen molar-refractivity contribution in [3.63, 3.8) is 0 Å². The summed E-state index contributed by atoms with van der Waals surface area (Å²) in [4.78, 5) is 0. The monoisotopic (exact) mass is 553 g/mol. The summed E-state index contributed by atoms with van der Waals surface area (Å²) in [5.74, 6) is -0.297. The second-order valence-electron chi connectivity index (χ2n) is 11.2. The van der Waals surface area contributed by atoms with Gasteiger partial charge in [-0.15, -0.1) is 0 Å². The van der Waals surface area contributed by atoms with E-state index in [-0.39, 0.29) is 5.75 Å². The van der Waals surface area contributed by atoms with Gasteiger partial charge in [-0.25, -0.2) is 12.9 Å². The van der Waals surface area contributed by atoms with Crippen LogP contribution in [0.4, 0.5) is 0 Å². The van der Waals surface area contributed by atoms with Gasteiger partial charge in [0.1, 0.15) is 18.6 Å². The third-order valence-electron chi connectivity index (χ3n) is 7.26. The number of quaternary nitrogens is 1. The van der Waals surface area contributed by atoms with E-state index in [9.17, 15) is 13.0 Å². The Bertz CT molecular complexity index is 632. The predicted octanol–water partition coefficient (Wildman–Crippen LogP) is 10.5. The topological polar surface area (TPSA) is 57.2 Å². The molecular formula is C33H63NO3S. The Balaban J connectivity index is 5.22. The molecule has 0 radical (unpaired) electrons. The van der Waals surface area contributed by atoms with Gasteiger partial charge in [0.05, 0.1) is 16.7 Å². The maximum absolute atomic E-state index is 11.3. The zero-order valence-corrected chi connectivity index (χ0v) is 26.3. The minimum Gasteiger partial charge on any atom is -0.748 e. The highest BCUT2D eigenvalue weighted by atomic mass is 32.2. The lowest BCUT2D eigenvalue weighted by molar-refractivity contribution is -0.773. The van der Waals surface area contributed by atoms with Crippen LogP contribution in [0.2, 0.25) is 0 Å². The third-order valence-corrected chi connectivity index (χ3v) is 8.05. The molecule has 0 atom stereocenters. The molecule has 0 heterocycles. The van der Waals surface area contributed by atoms with Gasteiger partial charge in [-0.2, -0.15) is 0 Å². The van der Waals surface area contributed by atoms with E-state index in [2.05, 4.69) is 57.6 Å². The fraction of sp³-hybridized carbons (Fsp3) is 0.818. The van der Waals surface area contributed by atoms with E-state index in [1.807, 2.05) is 0 Å². The van der Waals surface area contributed by atoms with Crippen LogP contribution in [0.15, 0.2) is 36.8 Å². The summed E-state index contributed by atoms with van der Waals surface area (Å²) < 4.78 is 34.5. The van der Waals surface area contributed by atoms with E-state index in [0.29, 0.717) is 17.4 Å². The molecule has 0 saturated carbocycles. The van der Waals surface area contributed by atoms with Gasteiger partial charge in [0.2, 0.25) is 0 Å². The molecule has 0 fully saturated rings. The van der Waals surface area contributed by atoms with Gasteiger partial charge in [0.15, 0.2) is 0 Å². The molecule has 224 valence electrons. The predicted molar refractivity (Wildman–Crippen MR) is 166 cm³/mol. The van der Waals surface area contributed by atoms with Gasteiger partial charge in [0.25, 0.3) is 0 Å². The standard InChI is InChI=1S/C33H63NO3S/c1-4-7-10-13-16-19-22-25-29-34(32-28-33-38(35,36)37,30-26-23-20-17-14-11-8-5-2)31-27-24-21-18-15-12-9-6-3/h25-27,29-31H,4-24,28,32-33H2,1-3H3/b29-25+,30-26+,31-27+. The molecule has 0 aromatic rings. The van der Waals surface area contributed by atoms with Crippen molar-refractivity contribution in [3.05, 3.63) is 36.8 Å². The van der Waals surface area contributed by atoms with Gasteiger partial charge < -0.3 is 4.55 Å². The van der Waals surface area contributed by atoms with Crippen LogP contribution >= 0.6 is 0 Å². The zero-order chi connectivity index (χ0) is 28.2. The van der Waals surface area contributed by atoms with Crippen molar-refractivity contribution in [1.29, 1.82) is 0 Å². The van der Waals surface area contributed by atoms with Crippen LogP contribution in [0, 0.1) is 0 Å². The second-order valence-corrected chi connectivity index (χ2v) is 12.7. The van der Waals surface area contributed by atoms with E-state index < -0.39 is 10.1 Å². The van der Waals surface area contributed by atoms with Gasteiger partial charge in [-0.05, 0) is 56.8 Å². The molecule has 0 N–H and O–H groups in total. The van der Waals surface area contributed by atoms with Crippen LogP contribution in [-0.4, -0.2) is 29.8 Å². The number of rotatable bonds is 28. The van der Waals surface area contributed by atoms with E-state index in [1.54, 1.807) is 0 Å². The lowest BCUT2D eigenvalue weighted by atomic mass is 10.1. The average Bonchev–Trinajstić information content (AvgIpc) is 2.88.